The summed E-state index contributed by atoms with van der Waals surface area (Å²) >= 11 is 5.83. The highest BCUT2D eigenvalue weighted by Gasteiger charge is 2.44. The number of halogens is 1. The van der Waals surface area contributed by atoms with Crippen LogP contribution in [0.4, 0.5) is 0 Å². The van der Waals surface area contributed by atoms with Crippen molar-refractivity contribution in [3.8, 4) is 0 Å². The van der Waals surface area contributed by atoms with Crippen molar-refractivity contribution in [3.63, 3.8) is 0 Å². The van der Waals surface area contributed by atoms with Gasteiger partial charge in [-0.05, 0) is 70.2 Å². The molecule has 4 nitrogen and oxygen atoms in total. The summed E-state index contributed by atoms with van der Waals surface area (Å²) in [4.78, 5) is 19.2. The third-order valence-electron chi connectivity index (χ3n) is 5.79. The number of ether oxygens (including phenoxy) is 1. The van der Waals surface area contributed by atoms with Gasteiger partial charge in [-0.2, -0.15) is 5.06 Å². The summed E-state index contributed by atoms with van der Waals surface area (Å²) in [5, 5.41) is 2.12. The lowest BCUT2D eigenvalue weighted by atomic mass is 9.82. The van der Waals surface area contributed by atoms with E-state index in [9.17, 15) is 4.79 Å². The van der Waals surface area contributed by atoms with E-state index in [1.165, 1.54) is 6.42 Å². The van der Waals surface area contributed by atoms with E-state index in [1.54, 1.807) is 12.1 Å². The molecule has 1 saturated heterocycles. The van der Waals surface area contributed by atoms with Gasteiger partial charge in [-0.3, -0.25) is 4.84 Å². The van der Waals surface area contributed by atoms with E-state index >= 15 is 0 Å². The van der Waals surface area contributed by atoms with Gasteiger partial charge in [-0.25, -0.2) is 4.79 Å². The Labute approximate surface area is 185 Å². The predicted molar refractivity (Wildman–Crippen MR) is 120 cm³/mol. The van der Waals surface area contributed by atoms with E-state index in [4.69, 9.17) is 21.2 Å². The number of carbonyl (C=O) groups is 1. The van der Waals surface area contributed by atoms with Crippen molar-refractivity contribution >= 4 is 17.6 Å². The second-order valence-electron chi connectivity index (χ2n) is 9.21. The average molecular weight is 430 g/mol. The van der Waals surface area contributed by atoms with Gasteiger partial charge in [0.05, 0.1) is 5.56 Å². The smallest absolute Gasteiger partial charge is 0.338 e. The zero-order chi connectivity index (χ0) is 21.8. The van der Waals surface area contributed by atoms with Gasteiger partial charge in [0.25, 0.3) is 0 Å². The molecule has 1 aliphatic rings. The first kappa shape index (κ1) is 22.8. The topological polar surface area (TPSA) is 38.8 Å². The Balaban J connectivity index is 1.77. The van der Waals surface area contributed by atoms with Crippen LogP contribution in [-0.4, -0.2) is 28.7 Å². The summed E-state index contributed by atoms with van der Waals surface area (Å²) in [5.74, 6) is 0.0542. The highest BCUT2D eigenvalue weighted by molar-refractivity contribution is 6.17. The number of rotatable bonds is 7. The molecule has 0 saturated carbocycles. The van der Waals surface area contributed by atoms with E-state index in [1.807, 2.05) is 42.5 Å². The van der Waals surface area contributed by atoms with Gasteiger partial charge >= 0.3 is 5.97 Å². The van der Waals surface area contributed by atoms with Crippen LogP contribution in [0.15, 0.2) is 54.6 Å². The average Bonchev–Trinajstić information content (AvgIpc) is 2.73. The number of alkyl halides is 1. The number of hydrogen-bond acceptors (Lipinski definition) is 4. The first-order valence-corrected chi connectivity index (χ1v) is 11.1. The number of piperidine rings is 1. The van der Waals surface area contributed by atoms with Crippen LogP contribution in [0.2, 0.25) is 0 Å². The Hall–Kier alpha value is -1.88. The fourth-order valence-corrected chi connectivity index (χ4v) is 4.39. The number of hydrogen-bond donors (Lipinski definition) is 0. The molecule has 0 radical (unpaired) electrons. The van der Waals surface area contributed by atoms with Gasteiger partial charge < -0.3 is 4.74 Å². The van der Waals surface area contributed by atoms with Crippen LogP contribution >= 0.6 is 11.6 Å². The Kier molecular flexibility index (Phi) is 7.22. The first-order chi connectivity index (χ1) is 14.2. The van der Waals surface area contributed by atoms with Gasteiger partial charge in [-0.1, -0.05) is 42.5 Å². The summed E-state index contributed by atoms with van der Waals surface area (Å²) in [6.07, 6.45) is 2.91. The zero-order valence-electron chi connectivity index (χ0n) is 18.4. The molecule has 0 amide bonds. The maximum atomic E-state index is 12.6. The molecule has 3 rings (SSSR count). The molecule has 1 unspecified atom stereocenters. The summed E-state index contributed by atoms with van der Waals surface area (Å²) in [7, 11) is 0. The molecule has 30 heavy (non-hydrogen) atoms. The van der Waals surface area contributed by atoms with Gasteiger partial charge in [0, 0.05) is 17.0 Å². The second kappa shape index (κ2) is 9.51. The standard InChI is InChI=1S/C25H32ClNO3/c1-24(2)15-8-16-25(3,4)27(24)30-22(20-9-6-5-7-10-20)18-29-23(28)21-13-11-19(17-26)12-14-21/h5-7,9-14,22H,8,15-18H2,1-4H3. The van der Waals surface area contributed by atoms with Crippen molar-refractivity contribution in [2.45, 2.75) is 70.0 Å². The van der Waals surface area contributed by atoms with Crippen molar-refractivity contribution in [2.24, 2.45) is 0 Å². The molecule has 1 fully saturated rings. The molecule has 5 heteroatoms. The number of nitrogens with zero attached hydrogens (tertiary/aromatic N) is 1. The fraction of sp³-hybridized carbons (Fsp3) is 0.480. The van der Waals surface area contributed by atoms with Crippen LogP contribution in [0.3, 0.4) is 0 Å². The van der Waals surface area contributed by atoms with E-state index in [-0.39, 0.29) is 29.8 Å². The lowest BCUT2D eigenvalue weighted by Gasteiger charge is -2.52. The molecule has 0 bridgehead atoms. The molecule has 1 aliphatic heterocycles. The van der Waals surface area contributed by atoms with Crippen molar-refractivity contribution in [3.05, 3.63) is 71.3 Å². The van der Waals surface area contributed by atoms with E-state index in [0.29, 0.717) is 11.4 Å². The Bertz CT molecular complexity index is 817. The Morgan fingerprint density at radius 1 is 1.00 bits per heavy atom. The van der Waals surface area contributed by atoms with E-state index in [0.717, 1.165) is 24.0 Å². The minimum absolute atomic E-state index is 0.101. The van der Waals surface area contributed by atoms with Crippen LogP contribution in [0.5, 0.6) is 0 Å². The van der Waals surface area contributed by atoms with Gasteiger partial charge in [0.1, 0.15) is 12.7 Å². The Morgan fingerprint density at radius 3 is 2.17 bits per heavy atom. The summed E-state index contributed by atoms with van der Waals surface area (Å²) in [6.45, 7) is 8.98. The lowest BCUT2D eigenvalue weighted by molar-refractivity contribution is -0.311. The minimum atomic E-state index is -0.381. The van der Waals surface area contributed by atoms with Crippen molar-refractivity contribution in [1.82, 2.24) is 5.06 Å². The third-order valence-corrected chi connectivity index (χ3v) is 6.10. The van der Waals surface area contributed by atoms with Crippen molar-refractivity contribution in [2.75, 3.05) is 6.61 Å². The van der Waals surface area contributed by atoms with Crippen LogP contribution < -0.4 is 0 Å². The molecular weight excluding hydrogens is 398 g/mol. The zero-order valence-corrected chi connectivity index (χ0v) is 19.1. The SMILES string of the molecule is CC1(C)CCCC(C)(C)N1OC(COC(=O)c1ccc(CCl)cc1)c1ccccc1. The molecule has 1 atom stereocenters. The molecule has 2 aromatic rings. The van der Waals surface area contributed by atoms with Crippen molar-refractivity contribution < 1.29 is 14.4 Å². The molecule has 2 aromatic carbocycles. The summed E-state index contributed by atoms with van der Waals surface area (Å²) < 4.78 is 5.67. The molecule has 162 valence electrons. The Morgan fingerprint density at radius 2 is 1.60 bits per heavy atom. The predicted octanol–water partition coefficient (Wildman–Crippen LogP) is 6.30. The van der Waals surface area contributed by atoms with Crippen LogP contribution in [0.25, 0.3) is 0 Å². The van der Waals surface area contributed by atoms with Crippen molar-refractivity contribution in [1.29, 1.82) is 0 Å². The van der Waals surface area contributed by atoms with Gasteiger partial charge in [0.15, 0.2) is 0 Å². The highest BCUT2D eigenvalue weighted by Crippen LogP contribution is 2.40. The van der Waals surface area contributed by atoms with E-state index < -0.39 is 0 Å². The molecule has 0 aromatic heterocycles. The number of benzene rings is 2. The maximum Gasteiger partial charge on any atom is 0.338 e. The maximum absolute atomic E-state index is 12.6. The van der Waals surface area contributed by atoms with Gasteiger partial charge in [0.2, 0.25) is 0 Å². The number of esters is 1. The van der Waals surface area contributed by atoms with Gasteiger partial charge in [-0.15, -0.1) is 11.6 Å². The first-order valence-electron chi connectivity index (χ1n) is 10.6. The third kappa shape index (κ3) is 5.42. The quantitative estimate of drug-likeness (QED) is 0.382. The van der Waals surface area contributed by atoms with Crippen LogP contribution in [0, 0.1) is 0 Å². The molecule has 0 spiro atoms. The molecule has 0 N–H and O–H groups in total. The number of carbonyl (C=O) groups excluding carboxylic acids is 1. The monoisotopic (exact) mass is 429 g/mol. The molecule has 0 aliphatic carbocycles. The van der Waals surface area contributed by atoms with E-state index in [2.05, 4.69) is 32.8 Å². The fourth-order valence-electron chi connectivity index (χ4n) is 4.21. The normalized spacial score (nSPS) is 19.2. The largest absolute Gasteiger partial charge is 0.459 e. The van der Waals surface area contributed by atoms with Crippen LogP contribution in [-0.2, 0) is 15.5 Å². The second-order valence-corrected chi connectivity index (χ2v) is 9.47. The number of hydroxylamine groups is 2. The van der Waals surface area contributed by atoms with Crippen LogP contribution in [0.1, 0.15) is 74.5 Å². The summed E-state index contributed by atoms with van der Waals surface area (Å²) in [5.41, 5.74) is 2.26. The molecular formula is C25H32ClNO3. The highest BCUT2D eigenvalue weighted by atomic mass is 35.5. The molecule has 1 heterocycles. The summed E-state index contributed by atoms with van der Waals surface area (Å²) in [6, 6.07) is 17.1. The minimum Gasteiger partial charge on any atom is -0.459 e. The lowest BCUT2D eigenvalue weighted by Crippen LogP contribution is -2.58.